The largest absolute Gasteiger partial charge is 0.355 e. The molecule has 2 aliphatic rings. The number of hydrogen-bond acceptors (Lipinski definition) is 4. The lowest BCUT2D eigenvalue weighted by molar-refractivity contribution is 0.573. The van der Waals surface area contributed by atoms with Crippen LogP contribution in [0.15, 0.2) is 12.1 Å². The van der Waals surface area contributed by atoms with E-state index in [2.05, 4.69) is 17.0 Å². The van der Waals surface area contributed by atoms with E-state index in [4.69, 9.17) is 9.97 Å². The van der Waals surface area contributed by atoms with Gasteiger partial charge in [0.25, 0.3) is 0 Å². The van der Waals surface area contributed by atoms with Crippen molar-refractivity contribution in [3.63, 3.8) is 0 Å². The third-order valence-electron chi connectivity index (χ3n) is 5.09. The Morgan fingerprint density at radius 1 is 0.913 bits per heavy atom. The number of pyridine rings is 2. The number of rotatable bonds is 1. The van der Waals surface area contributed by atoms with Crippen LogP contribution in [0.3, 0.4) is 0 Å². The first-order chi connectivity index (χ1) is 11.3. The maximum Gasteiger partial charge on any atom is 0.161 e. The first kappa shape index (κ1) is 14.4. The molecule has 0 bridgehead atoms. The zero-order chi connectivity index (χ0) is 15.6. The Labute approximate surface area is 137 Å². The fourth-order valence-electron chi connectivity index (χ4n) is 3.82. The molecule has 1 aliphatic heterocycles. The van der Waals surface area contributed by atoms with Crippen molar-refractivity contribution in [1.29, 1.82) is 5.26 Å². The van der Waals surface area contributed by atoms with Gasteiger partial charge in [0.2, 0.25) is 0 Å². The van der Waals surface area contributed by atoms with Crippen molar-refractivity contribution in [3.05, 3.63) is 29.0 Å². The van der Waals surface area contributed by atoms with E-state index >= 15 is 0 Å². The first-order valence-electron chi connectivity index (χ1n) is 8.84. The Hall–Kier alpha value is -2.15. The van der Waals surface area contributed by atoms with Crippen LogP contribution in [0.2, 0.25) is 0 Å². The van der Waals surface area contributed by atoms with Crippen LogP contribution in [0.25, 0.3) is 11.0 Å². The molecule has 2 aromatic heterocycles. The summed E-state index contributed by atoms with van der Waals surface area (Å²) in [5, 5.41) is 10.6. The quantitative estimate of drug-likeness (QED) is 0.753. The zero-order valence-corrected chi connectivity index (χ0v) is 13.5. The van der Waals surface area contributed by atoms with E-state index in [9.17, 15) is 5.26 Å². The first-order valence-corrected chi connectivity index (χ1v) is 8.84. The highest BCUT2D eigenvalue weighted by Gasteiger charge is 2.19. The highest BCUT2D eigenvalue weighted by molar-refractivity contribution is 5.81. The number of hydrogen-bond donors (Lipinski definition) is 0. The van der Waals surface area contributed by atoms with Crippen molar-refractivity contribution in [2.24, 2.45) is 0 Å². The molecule has 0 spiro atoms. The van der Waals surface area contributed by atoms with E-state index < -0.39 is 0 Å². The number of nitrogens with zero attached hydrogens (tertiary/aromatic N) is 4. The van der Waals surface area contributed by atoms with Crippen LogP contribution in [0.4, 0.5) is 5.82 Å². The molecule has 2 aromatic rings. The summed E-state index contributed by atoms with van der Waals surface area (Å²) in [6.07, 6.45) is 9.55. The molecule has 4 heteroatoms. The average molecular weight is 306 g/mol. The van der Waals surface area contributed by atoms with E-state index in [0.717, 1.165) is 42.8 Å². The Balaban J connectivity index is 1.83. The van der Waals surface area contributed by atoms with Crippen LogP contribution in [-0.4, -0.2) is 23.1 Å². The second-order valence-corrected chi connectivity index (χ2v) is 6.72. The lowest BCUT2D eigenvalue weighted by Crippen LogP contribution is -2.31. The van der Waals surface area contributed by atoms with E-state index in [1.807, 2.05) is 6.07 Å². The van der Waals surface area contributed by atoms with Crippen LogP contribution >= 0.6 is 0 Å². The van der Waals surface area contributed by atoms with Crippen molar-refractivity contribution < 1.29 is 0 Å². The highest BCUT2D eigenvalue weighted by atomic mass is 15.2. The number of fused-ring (bicyclic) bond motifs is 2. The summed E-state index contributed by atoms with van der Waals surface area (Å²) in [6, 6.07) is 6.56. The minimum absolute atomic E-state index is 0.690. The van der Waals surface area contributed by atoms with Gasteiger partial charge in [-0.2, -0.15) is 5.26 Å². The van der Waals surface area contributed by atoms with Crippen molar-refractivity contribution >= 4 is 16.9 Å². The molecule has 0 radical (unpaired) electrons. The summed E-state index contributed by atoms with van der Waals surface area (Å²) in [5.74, 6) is 0.834. The molecule has 23 heavy (non-hydrogen) atoms. The molecule has 1 fully saturated rings. The molecule has 4 rings (SSSR count). The van der Waals surface area contributed by atoms with Crippen LogP contribution in [0, 0.1) is 11.3 Å². The second-order valence-electron chi connectivity index (χ2n) is 6.72. The van der Waals surface area contributed by atoms with Crippen LogP contribution in [0.5, 0.6) is 0 Å². The summed E-state index contributed by atoms with van der Waals surface area (Å²) in [6.45, 7) is 2.00. The van der Waals surface area contributed by atoms with Gasteiger partial charge in [0.05, 0.1) is 5.56 Å². The fraction of sp³-hybridized carbons (Fsp3) is 0.526. The van der Waals surface area contributed by atoms with E-state index in [1.54, 1.807) is 0 Å². The minimum Gasteiger partial charge on any atom is -0.355 e. The number of aromatic nitrogens is 2. The molecular weight excluding hydrogens is 284 g/mol. The normalized spacial score (nSPS) is 18.3. The second kappa shape index (κ2) is 6.16. The molecule has 0 amide bonds. The summed E-state index contributed by atoms with van der Waals surface area (Å²) >= 11 is 0. The predicted molar refractivity (Wildman–Crippen MR) is 91.6 cm³/mol. The van der Waals surface area contributed by atoms with Gasteiger partial charge in [-0.3, -0.25) is 0 Å². The van der Waals surface area contributed by atoms with Crippen molar-refractivity contribution in [3.8, 4) is 6.07 Å². The maximum atomic E-state index is 9.55. The summed E-state index contributed by atoms with van der Waals surface area (Å²) < 4.78 is 0. The maximum absolute atomic E-state index is 9.55. The number of piperidine rings is 1. The third kappa shape index (κ3) is 2.76. The number of anilines is 1. The topological polar surface area (TPSA) is 52.8 Å². The molecule has 0 aromatic carbocycles. The third-order valence-corrected chi connectivity index (χ3v) is 5.09. The predicted octanol–water partition coefficient (Wildman–Crippen LogP) is 3.76. The monoisotopic (exact) mass is 306 g/mol. The average Bonchev–Trinajstić information content (AvgIpc) is 2.84. The summed E-state index contributed by atoms with van der Waals surface area (Å²) in [4.78, 5) is 11.9. The van der Waals surface area contributed by atoms with Crippen LogP contribution in [0.1, 0.15) is 55.3 Å². The molecular formula is C19H22N4. The van der Waals surface area contributed by atoms with Crippen LogP contribution < -0.4 is 4.90 Å². The molecule has 0 N–H and O–H groups in total. The van der Waals surface area contributed by atoms with Gasteiger partial charge >= 0.3 is 0 Å². The Bertz CT molecular complexity index is 769. The molecule has 118 valence electrons. The smallest absolute Gasteiger partial charge is 0.161 e. The van der Waals surface area contributed by atoms with Gasteiger partial charge in [-0.1, -0.05) is 6.42 Å². The van der Waals surface area contributed by atoms with Gasteiger partial charge in [-0.05, 0) is 62.6 Å². The molecule has 0 saturated carbocycles. The van der Waals surface area contributed by atoms with Gasteiger partial charge in [0, 0.05) is 24.2 Å². The standard InChI is InChI=1S/C19H22N4/c20-13-16-12-15-11-14-7-3-1-4-8-17(14)21-18(15)22-19(16)23-9-5-2-6-10-23/h11-12H,1-10H2. The van der Waals surface area contributed by atoms with E-state index in [1.165, 1.54) is 49.8 Å². The highest BCUT2D eigenvalue weighted by Crippen LogP contribution is 2.28. The molecule has 3 heterocycles. The van der Waals surface area contributed by atoms with E-state index in [0.29, 0.717) is 5.56 Å². The lowest BCUT2D eigenvalue weighted by atomic mass is 10.1. The van der Waals surface area contributed by atoms with Crippen molar-refractivity contribution in [2.45, 2.75) is 51.4 Å². The Morgan fingerprint density at radius 3 is 2.52 bits per heavy atom. The lowest BCUT2D eigenvalue weighted by Gasteiger charge is -2.28. The molecule has 1 aliphatic carbocycles. The molecule has 4 nitrogen and oxygen atoms in total. The van der Waals surface area contributed by atoms with Gasteiger partial charge in [0.15, 0.2) is 5.65 Å². The van der Waals surface area contributed by atoms with Gasteiger partial charge < -0.3 is 4.90 Å². The Morgan fingerprint density at radius 2 is 1.70 bits per heavy atom. The van der Waals surface area contributed by atoms with Crippen LogP contribution in [-0.2, 0) is 12.8 Å². The van der Waals surface area contributed by atoms with E-state index in [-0.39, 0.29) is 0 Å². The summed E-state index contributed by atoms with van der Waals surface area (Å²) in [5.41, 5.74) is 4.07. The minimum atomic E-state index is 0.690. The Kier molecular flexibility index (Phi) is 3.87. The number of aryl methyl sites for hydroxylation is 2. The van der Waals surface area contributed by atoms with Crippen molar-refractivity contribution in [2.75, 3.05) is 18.0 Å². The zero-order valence-electron chi connectivity index (χ0n) is 13.5. The molecule has 0 atom stereocenters. The van der Waals surface area contributed by atoms with Gasteiger partial charge in [0.1, 0.15) is 11.9 Å². The fourth-order valence-corrected chi connectivity index (χ4v) is 3.82. The van der Waals surface area contributed by atoms with Crippen molar-refractivity contribution in [1.82, 2.24) is 9.97 Å². The van der Waals surface area contributed by atoms with Gasteiger partial charge in [-0.25, -0.2) is 9.97 Å². The molecule has 1 saturated heterocycles. The SMILES string of the molecule is N#Cc1cc2cc3c(nc2nc1N1CCCCC1)CCCCC3. The summed E-state index contributed by atoms with van der Waals surface area (Å²) in [7, 11) is 0. The van der Waals surface area contributed by atoms with Gasteiger partial charge in [-0.15, -0.1) is 0 Å². The molecule has 0 unspecified atom stereocenters. The number of nitriles is 1.